The lowest BCUT2D eigenvalue weighted by molar-refractivity contribution is -0.121. The van der Waals surface area contributed by atoms with Crippen molar-refractivity contribution < 1.29 is 4.79 Å². The third-order valence-corrected chi connectivity index (χ3v) is 5.89. The van der Waals surface area contributed by atoms with Crippen LogP contribution in [0.25, 0.3) is 0 Å². The van der Waals surface area contributed by atoms with Crippen molar-refractivity contribution in [2.45, 2.75) is 44.8 Å². The van der Waals surface area contributed by atoms with Gasteiger partial charge in [0, 0.05) is 24.7 Å². The largest absolute Gasteiger partial charge is 0.326 e. The Morgan fingerprint density at radius 3 is 2.79 bits per heavy atom. The lowest BCUT2D eigenvalue weighted by atomic mass is 9.97. The molecule has 0 radical (unpaired) electrons. The predicted octanol–water partition coefficient (Wildman–Crippen LogP) is 3.79. The van der Waals surface area contributed by atoms with Crippen molar-refractivity contribution in [2.24, 2.45) is 5.92 Å². The molecule has 2 aromatic rings. The van der Waals surface area contributed by atoms with Gasteiger partial charge >= 0.3 is 0 Å². The van der Waals surface area contributed by atoms with Crippen molar-refractivity contribution in [2.75, 3.05) is 18.4 Å². The van der Waals surface area contributed by atoms with Gasteiger partial charge in [-0.3, -0.25) is 14.3 Å². The molecule has 0 bridgehead atoms. The summed E-state index contributed by atoms with van der Waals surface area (Å²) in [4.78, 5) is 15.0. The van der Waals surface area contributed by atoms with E-state index in [9.17, 15) is 4.79 Å². The number of likely N-dealkylation sites (tertiary alicyclic amines) is 1. The molecule has 1 atom stereocenters. The average molecular weight is 398 g/mol. The standard InChI is InChI=1S/C21H27N5OS/c1-2-12-25-19(16-10-11-16)23-26(21(25)28)15-24-13-6-7-17(14-24)20(27)22-18-8-4-3-5-9-18/h2-5,8-9,16-17H,1,6-7,10-15H2,(H,22,27). The number of aromatic nitrogens is 3. The number of rotatable bonds is 7. The summed E-state index contributed by atoms with van der Waals surface area (Å²) in [5.41, 5.74) is 0.851. The Morgan fingerprint density at radius 1 is 1.29 bits per heavy atom. The molecule has 1 aliphatic carbocycles. The summed E-state index contributed by atoms with van der Waals surface area (Å²) >= 11 is 5.67. The van der Waals surface area contributed by atoms with Crippen LogP contribution in [0.2, 0.25) is 0 Å². The fraction of sp³-hybridized carbons (Fsp3) is 0.476. The number of amides is 1. The van der Waals surface area contributed by atoms with Gasteiger partial charge in [0.05, 0.1) is 12.6 Å². The van der Waals surface area contributed by atoms with E-state index < -0.39 is 0 Å². The summed E-state index contributed by atoms with van der Waals surface area (Å²) in [6.07, 6.45) is 6.17. The molecule has 2 fully saturated rings. The molecule has 1 saturated carbocycles. The number of para-hydroxylation sites is 1. The molecule has 148 valence electrons. The highest BCUT2D eigenvalue weighted by Gasteiger charge is 2.31. The summed E-state index contributed by atoms with van der Waals surface area (Å²) in [5.74, 6) is 1.70. The number of nitrogens with one attached hydrogen (secondary N) is 1. The summed E-state index contributed by atoms with van der Waals surface area (Å²) in [7, 11) is 0. The highest BCUT2D eigenvalue weighted by atomic mass is 32.1. The van der Waals surface area contributed by atoms with Gasteiger partial charge in [0.1, 0.15) is 5.82 Å². The van der Waals surface area contributed by atoms with Crippen molar-refractivity contribution in [3.05, 3.63) is 53.6 Å². The van der Waals surface area contributed by atoms with E-state index in [1.807, 2.05) is 41.1 Å². The van der Waals surface area contributed by atoms with E-state index in [1.54, 1.807) is 0 Å². The van der Waals surface area contributed by atoms with Crippen molar-refractivity contribution in [1.82, 2.24) is 19.2 Å². The Hall–Kier alpha value is -2.25. The number of piperidine rings is 1. The summed E-state index contributed by atoms with van der Waals surface area (Å²) in [6.45, 7) is 6.88. The Bertz CT molecular complexity index is 899. The minimum atomic E-state index is -0.0127. The van der Waals surface area contributed by atoms with E-state index in [0.29, 0.717) is 19.1 Å². The van der Waals surface area contributed by atoms with Gasteiger partial charge in [0.2, 0.25) is 5.91 Å². The Kier molecular flexibility index (Phi) is 5.73. The molecule has 1 aromatic heterocycles. The first-order chi connectivity index (χ1) is 13.7. The molecule has 1 aliphatic heterocycles. The van der Waals surface area contributed by atoms with Gasteiger partial charge in [-0.1, -0.05) is 24.3 Å². The second kappa shape index (κ2) is 8.41. The molecule has 1 N–H and O–H groups in total. The van der Waals surface area contributed by atoms with Gasteiger partial charge in [-0.2, -0.15) is 5.10 Å². The van der Waals surface area contributed by atoms with Crippen molar-refractivity contribution in [3.63, 3.8) is 0 Å². The van der Waals surface area contributed by atoms with Gasteiger partial charge in [-0.25, -0.2) is 4.68 Å². The number of benzene rings is 1. The SMILES string of the molecule is C=CCn1c(C2CC2)nn(CN2CCCC(C(=O)Nc3ccccc3)C2)c1=S. The smallest absolute Gasteiger partial charge is 0.228 e. The number of hydrogen-bond donors (Lipinski definition) is 1. The summed E-state index contributed by atoms with van der Waals surface area (Å²) in [5, 5.41) is 7.84. The van der Waals surface area contributed by atoms with Gasteiger partial charge in [0.15, 0.2) is 4.77 Å². The molecule has 1 unspecified atom stereocenters. The van der Waals surface area contributed by atoms with Crippen molar-refractivity contribution >= 4 is 23.8 Å². The van der Waals surface area contributed by atoms with E-state index in [0.717, 1.165) is 42.2 Å². The Balaban J connectivity index is 1.42. The maximum atomic E-state index is 12.7. The maximum absolute atomic E-state index is 12.7. The molecule has 1 amide bonds. The van der Waals surface area contributed by atoms with E-state index in [1.165, 1.54) is 12.8 Å². The first kappa shape index (κ1) is 19.1. The molecule has 0 spiro atoms. The molecule has 1 saturated heterocycles. The summed E-state index contributed by atoms with van der Waals surface area (Å²) < 4.78 is 4.77. The van der Waals surface area contributed by atoms with Gasteiger partial charge in [0.25, 0.3) is 0 Å². The van der Waals surface area contributed by atoms with Gasteiger partial charge < -0.3 is 5.32 Å². The number of anilines is 1. The second-order valence-electron chi connectivity index (χ2n) is 7.73. The maximum Gasteiger partial charge on any atom is 0.228 e. The van der Waals surface area contributed by atoms with E-state index in [4.69, 9.17) is 17.3 Å². The number of hydrogen-bond acceptors (Lipinski definition) is 4. The lowest BCUT2D eigenvalue weighted by Gasteiger charge is -2.31. The van der Waals surface area contributed by atoms with Crippen LogP contribution < -0.4 is 5.32 Å². The zero-order valence-electron chi connectivity index (χ0n) is 16.1. The third kappa shape index (κ3) is 4.25. The van der Waals surface area contributed by atoms with E-state index in [2.05, 4.69) is 21.4 Å². The zero-order valence-corrected chi connectivity index (χ0v) is 16.9. The number of carbonyl (C=O) groups is 1. The zero-order chi connectivity index (χ0) is 19.5. The Morgan fingerprint density at radius 2 is 2.07 bits per heavy atom. The molecule has 2 aliphatic rings. The fourth-order valence-electron chi connectivity index (χ4n) is 3.85. The lowest BCUT2D eigenvalue weighted by Crippen LogP contribution is -2.41. The third-order valence-electron chi connectivity index (χ3n) is 5.46. The van der Waals surface area contributed by atoms with Crippen molar-refractivity contribution in [1.29, 1.82) is 0 Å². The number of allylic oxidation sites excluding steroid dienone is 1. The van der Waals surface area contributed by atoms with Crippen LogP contribution in [0.5, 0.6) is 0 Å². The van der Waals surface area contributed by atoms with Crippen LogP contribution in [-0.4, -0.2) is 38.2 Å². The summed E-state index contributed by atoms with van der Waals surface area (Å²) in [6, 6.07) is 9.65. The van der Waals surface area contributed by atoms with E-state index >= 15 is 0 Å². The highest BCUT2D eigenvalue weighted by Crippen LogP contribution is 2.39. The van der Waals surface area contributed by atoms with E-state index in [-0.39, 0.29) is 11.8 Å². The van der Waals surface area contributed by atoms with Crippen LogP contribution in [0.3, 0.4) is 0 Å². The number of carbonyl (C=O) groups excluding carboxylic acids is 1. The molecule has 1 aromatic carbocycles. The topological polar surface area (TPSA) is 55.1 Å². The molecule has 2 heterocycles. The first-order valence-electron chi connectivity index (χ1n) is 10.0. The van der Waals surface area contributed by atoms with Gasteiger partial charge in [-0.15, -0.1) is 6.58 Å². The Labute approximate surface area is 170 Å². The molecule has 6 nitrogen and oxygen atoms in total. The minimum Gasteiger partial charge on any atom is -0.326 e. The van der Waals surface area contributed by atoms with Gasteiger partial charge in [-0.05, 0) is 56.6 Å². The fourth-order valence-corrected chi connectivity index (χ4v) is 4.11. The van der Waals surface area contributed by atoms with Crippen LogP contribution in [0, 0.1) is 10.7 Å². The van der Waals surface area contributed by atoms with Crippen molar-refractivity contribution in [3.8, 4) is 0 Å². The van der Waals surface area contributed by atoms with Crippen LogP contribution >= 0.6 is 12.2 Å². The predicted molar refractivity (Wildman–Crippen MR) is 113 cm³/mol. The quantitative estimate of drug-likeness (QED) is 0.571. The molecule has 4 rings (SSSR count). The number of nitrogens with zero attached hydrogens (tertiary/aromatic N) is 4. The molecule has 28 heavy (non-hydrogen) atoms. The monoisotopic (exact) mass is 397 g/mol. The molecular weight excluding hydrogens is 370 g/mol. The van der Waals surface area contributed by atoms with Crippen LogP contribution in [0.15, 0.2) is 43.0 Å². The average Bonchev–Trinajstić information content (AvgIpc) is 3.51. The normalized spacial score (nSPS) is 20.1. The van der Waals surface area contributed by atoms with Crippen LogP contribution in [-0.2, 0) is 18.0 Å². The highest BCUT2D eigenvalue weighted by molar-refractivity contribution is 7.71. The minimum absolute atomic E-state index is 0.0127. The molecular formula is C21H27N5OS. The second-order valence-corrected chi connectivity index (χ2v) is 8.09. The first-order valence-corrected chi connectivity index (χ1v) is 10.4. The van der Waals surface area contributed by atoms with Crippen LogP contribution in [0.1, 0.15) is 37.4 Å². The van der Waals surface area contributed by atoms with Crippen LogP contribution in [0.4, 0.5) is 5.69 Å². The molecule has 7 heteroatoms.